The molecule has 0 unspecified atom stereocenters. The van der Waals surface area contributed by atoms with Crippen molar-refractivity contribution in [2.45, 2.75) is 6.42 Å². The number of hydrogen-bond acceptors (Lipinski definition) is 7. The number of Topliss-reactive ketones (excluding diaryl/α,β-unsaturated/α-hetero) is 1. The van der Waals surface area contributed by atoms with Crippen molar-refractivity contribution in [1.82, 2.24) is 0 Å². The lowest BCUT2D eigenvalue weighted by molar-refractivity contribution is -0.136. The van der Waals surface area contributed by atoms with E-state index < -0.39 is 5.97 Å². The minimum Gasteiger partial charge on any atom is -0.490 e. The highest BCUT2D eigenvalue weighted by atomic mass is 16.7. The summed E-state index contributed by atoms with van der Waals surface area (Å²) in [6.45, 7) is 0.979. The fourth-order valence-electron chi connectivity index (χ4n) is 2.79. The number of rotatable bonds is 5. The van der Waals surface area contributed by atoms with Gasteiger partial charge in [-0.15, -0.1) is 0 Å². The molecule has 7 heteroatoms. The standard InChI is InChI=1S/C21H18O7/c22-16(15-4-6-18-20(11-15)28-13-27-18)12-26-21(23)7-3-14-2-5-17-19(10-14)25-9-1-8-24-17/h2-7,10-11H,1,8-9,12-13H2/b7-3+. The largest absolute Gasteiger partial charge is 0.490 e. The van der Waals surface area contributed by atoms with E-state index in [2.05, 4.69) is 0 Å². The lowest BCUT2D eigenvalue weighted by atomic mass is 10.1. The third-order valence-electron chi connectivity index (χ3n) is 4.22. The van der Waals surface area contributed by atoms with Crippen LogP contribution in [0, 0.1) is 0 Å². The number of esters is 1. The molecule has 2 heterocycles. The van der Waals surface area contributed by atoms with Crippen LogP contribution in [0.4, 0.5) is 0 Å². The number of carbonyl (C=O) groups is 2. The summed E-state index contributed by atoms with van der Waals surface area (Å²) < 4.78 is 26.7. The summed E-state index contributed by atoms with van der Waals surface area (Å²) in [7, 11) is 0. The number of ether oxygens (including phenoxy) is 5. The van der Waals surface area contributed by atoms with Gasteiger partial charge in [-0.25, -0.2) is 4.79 Å². The molecule has 0 saturated carbocycles. The topological polar surface area (TPSA) is 80.3 Å². The van der Waals surface area contributed by atoms with Gasteiger partial charge in [-0.3, -0.25) is 4.79 Å². The zero-order valence-electron chi connectivity index (χ0n) is 15.0. The van der Waals surface area contributed by atoms with Crippen LogP contribution in [-0.4, -0.2) is 38.4 Å². The van der Waals surface area contributed by atoms with Crippen molar-refractivity contribution in [3.8, 4) is 23.0 Å². The normalized spacial score (nSPS) is 14.6. The van der Waals surface area contributed by atoms with Crippen LogP contribution in [0.25, 0.3) is 6.08 Å². The van der Waals surface area contributed by atoms with Gasteiger partial charge in [-0.2, -0.15) is 0 Å². The molecule has 0 atom stereocenters. The van der Waals surface area contributed by atoms with E-state index in [1.54, 1.807) is 36.4 Å². The molecule has 2 aromatic carbocycles. The second-order valence-electron chi connectivity index (χ2n) is 6.19. The van der Waals surface area contributed by atoms with Crippen LogP contribution in [-0.2, 0) is 9.53 Å². The molecule has 0 radical (unpaired) electrons. The summed E-state index contributed by atoms with van der Waals surface area (Å²) >= 11 is 0. The molecule has 0 amide bonds. The Hall–Kier alpha value is -3.48. The molecule has 0 bridgehead atoms. The van der Waals surface area contributed by atoms with Crippen molar-refractivity contribution in [2.75, 3.05) is 26.6 Å². The Kier molecular flexibility index (Phi) is 5.14. The van der Waals surface area contributed by atoms with E-state index in [0.717, 1.165) is 12.0 Å². The first kappa shape index (κ1) is 17.9. The highest BCUT2D eigenvalue weighted by Crippen LogP contribution is 2.33. The molecule has 144 valence electrons. The third kappa shape index (κ3) is 4.09. The van der Waals surface area contributed by atoms with Gasteiger partial charge in [0.05, 0.1) is 13.2 Å². The molecule has 28 heavy (non-hydrogen) atoms. The predicted octanol–water partition coefficient (Wildman–Crippen LogP) is 3.02. The minimum atomic E-state index is -0.610. The van der Waals surface area contributed by atoms with E-state index in [1.165, 1.54) is 6.08 Å². The Morgan fingerprint density at radius 1 is 0.893 bits per heavy atom. The van der Waals surface area contributed by atoms with Gasteiger partial charge in [0.1, 0.15) is 0 Å². The van der Waals surface area contributed by atoms with Crippen molar-refractivity contribution < 1.29 is 33.3 Å². The highest BCUT2D eigenvalue weighted by Gasteiger charge is 2.17. The van der Waals surface area contributed by atoms with Crippen molar-refractivity contribution in [3.63, 3.8) is 0 Å². The molecule has 4 rings (SSSR count). The van der Waals surface area contributed by atoms with Gasteiger partial charge in [-0.05, 0) is 42.0 Å². The molecular formula is C21H18O7. The molecule has 2 aliphatic heterocycles. The number of ketones is 1. The van der Waals surface area contributed by atoms with Crippen molar-refractivity contribution in [1.29, 1.82) is 0 Å². The van der Waals surface area contributed by atoms with Crippen LogP contribution in [0.5, 0.6) is 23.0 Å². The number of benzene rings is 2. The predicted molar refractivity (Wildman–Crippen MR) is 98.9 cm³/mol. The average Bonchev–Trinajstić information content (AvgIpc) is 3.06. The fourth-order valence-corrected chi connectivity index (χ4v) is 2.79. The molecule has 2 aliphatic rings. The lowest BCUT2D eigenvalue weighted by Gasteiger charge is -2.07. The molecular weight excluding hydrogens is 364 g/mol. The van der Waals surface area contributed by atoms with E-state index in [9.17, 15) is 9.59 Å². The Morgan fingerprint density at radius 3 is 2.50 bits per heavy atom. The van der Waals surface area contributed by atoms with Crippen LogP contribution in [0.3, 0.4) is 0 Å². The Bertz CT molecular complexity index is 932. The second kappa shape index (κ2) is 8.04. The van der Waals surface area contributed by atoms with Crippen molar-refractivity contribution >= 4 is 17.8 Å². The Labute approximate surface area is 161 Å². The molecule has 0 saturated heterocycles. The maximum absolute atomic E-state index is 12.2. The minimum absolute atomic E-state index is 0.132. The van der Waals surface area contributed by atoms with Crippen molar-refractivity contribution in [3.05, 3.63) is 53.6 Å². The first-order chi connectivity index (χ1) is 13.7. The fraction of sp³-hybridized carbons (Fsp3) is 0.238. The van der Waals surface area contributed by atoms with Crippen LogP contribution in [0.1, 0.15) is 22.3 Å². The monoisotopic (exact) mass is 382 g/mol. The second-order valence-corrected chi connectivity index (χ2v) is 6.19. The van der Waals surface area contributed by atoms with Gasteiger partial charge < -0.3 is 23.7 Å². The SMILES string of the molecule is O=C(/C=C/c1ccc2c(c1)OCCCO2)OCC(=O)c1ccc2c(c1)OCO2. The molecule has 0 spiro atoms. The smallest absolute Gasteiger partial charge is 0.331 e. The molecule has 0 N–H and O–H groups in total. The summed E-state index contributed by atoms with van der Waals surface area (Å²) in [5.41, 5.74) is 1.16. The van der Waals surface area contributed by atoms with Crippen LogP contribution in [0.15, 0.2) is 42.5 Å². The van der Waals surface area contributed by atoms with Crippen LogP contribution in [0.2, 0.25) is 0 Å². The maximum Gasteiger partial charge on any atom is 0.331 e. The van der Waals surface area contributed by atoms with Gasteiger partial charge in [0.15, 0.2) is 35.4 Å². The molecule has 0 fully saturated rings. The Morgan fingerprint density at radius 2 is 1.61 bits per heavy atom. The van der Waals surface area contributed by atoms with E-state index in [1.807, 2.05) is 6.07 Å². The van der Waals surface area contributed by atoms with E-state index in [-0.39, 0.29) is 19.2 Å². The van der Waals surface area contributed by atoms with Crippen LogP contribution >= 0.6 is 0 Å². The number of fused-ring (bicyclic) bond motifs is 2. The Balaban J connectivity index is 1.33. The lowest BCUT2D eigenvalue weighted by Crippen LogP contribution is -2.12. The quantitative estimate of drug-likeness (QED) is 0.447. The van der Waals surface area contributed by atoms with Gasteiger partial charge >= 0.3 is 5.97 Å². The van der Waals surface area contributed by atoms with E-state index >= 15 is 0 Å². The number of hydrogen-bond donors (Lipinski definition) is 0. The first-order valence-corrected chi connectivity index (χ1v) is 8.86. The van der Waals surface area contributed by atoms with Crippen molar-refractivity contribution in [2.24, 2.45) is 0 Å². The third-order valence-corrected chi connectivity index (χ3v) is 4.22. The van der Waals surface area contributed by atoms with E-state index in [0.29, 0.717) is 41.8 Å². The van der Waals surface area contributed by atoms with Crippen LogP contribution < -0.4 is 18.9 Å². The first-order valence-electron chi connectivity index (χ1n) is 8.86. The summed E-state index contributed by atoms with van der Waals surface area (Å²) in [6.07, 6.45) is 3.69. The zero-order valence-corrected chi connectivity index (χ0v) is 15.0. The molecule has 0 aromatic heterocycles. The van der Waals surface area contributed by atoms with Gasteiger partial charge in [0.25, 0.3) is 0 Å². The highest BCUT2D eigenvalue weighted by molar-refractivity contribution is 5.99. The summed E-state index contributed by atoms with van der Waals surface area (Å²) in [5, 5.41) is 0. The summed E-state index contributed by atoms with van der Waals surface area (Å²) in [4.78, 5) is 24.1. The van der Waals surface area contributed by atoms with Gasteiger partial charge in [0.2, 0.25) is 6.79 Å². The van der Waals surface area contributed by atoms with Gasteiger partial charge in [0, 0.05) is 18.1 Å². The molecule has 7 nitrogen and oxygen atoms in total. The zero-order chi connectivity index (χ0) is 19.3. The average molecular weight is 382 g/mol. The number of carbonyl (C=O) groups excluding carboxylic acids is 2. The summed E-state index contributed by atoms with van der Waals surface area (Å²) in [5.74, 6) is 1.49. The summed E-state index contributed by atoms with van der Waals surface area (Å²) in [6, 6.07) is 10.2. The molecule has 0 aliphatic carbocycles. The van der Waals surface area contributed by atoms with E-state index in [4.69, 9.17) is 23.7 Å². The molecule has 2 aromatic rings. The van der Waals surface area contributed by atoms with Gasteiger partial charge in [-0.1, -0.05) is 6.07 Å². The maximum atomic E-state index is 12.2.